The van der Waals surface area contributed by atoms with Crippen LogP contribution in [0.5, 0.6) is 0 Å². The number of nitrogens with one attached hydrogen (secondary N) is 1. The van der Waals surface area contributed by atoms with E-state index in [-0.39, 0.29) is 5.91 Å². The summed E-state index contributed by atoms with van der Waals surface area (Å²) in [5.41, 5.74) is 2.50. The van der Waals surface area contributed by atoms with Gasteiger partial charge in [-0.1, -0.05) is 12.1 Å². The van der Waals surface area contributed by atoms with E-state index in [1.54, 1.807) is 0 Å². The number of carbonyl (C=O) groups is 1. The van der Waals surface area contributed by atoms with Crippen LogP contribution in [0.1, 0.15) is 42.5 Å². The van der Waals surface area contributed by atoms with Gasteiger partial charge in [-0.15, -0.1) is 10.2 Å². The second-order valence-electron chi connectivity index (χ2n) is 7.71. The Kier molecular flexibility index (Phi) is 6.17. The van der Waals surface area contributed by atoms with Gasteiger partial charge in [-0.05, 0) is 76.0 Å². The fraction of sp³-hybridized carbons (Fsp3) is 0.500. The summed E-state index contributed by atoms with van der Waals surface area (Å²) >= 11 is 0. The van der Waals surface area contributed by atoms with E-state index >= 15 is 0 Å². The summed E-state index contributed by atoms with van der Waals surface area (Å²) in [6, 6.07) is 11.7. The molecule has 1 aromatic carbocycles. The molecule has 2 saturated heterocycles. The molecule has 1 aromatic heterocycles. The third kappa shape index (κ3) is 4.68. The molecule has 0 unspecified atom stereocenters. The monoisotopic (exact) mass is 379 g/mol. The van der Waals surface area contributed by atoms with Gasteiger partial charge < -0.3 is 15.1 Å². The Morgan fingerprint density at radius 3 is 2.29 bits per heavy atom. The molecule has 2 aliphatic rings. The Bertz CT molecular complexity index is 763. The van der Waals surface area contributed by atoms with Gasteiger partial charge in [-0.2, -0.15) is 0 Å². The van der Waals surface area contributed by atoms with Crippen LogP contribution in [0.25, 0.3) is 11.3 Å². The summed E-state index contributed by atoms with van der Waals surface area (Å²) in [5.74, 6) is 0.939. The van der Waals surface area contributed by atoms with E-state index in [4.69, 9.17) is 0 Å². The number of hydrogen-bond donors (Lipinski definition) is 1. The van der Waals surface area contributed by atoms with E-state index in [2.05, 4.69) is 25.3 Å². The molecule has 6 nitrogen and oxygen atoms in total. The van der Waals surface area contributed by atoms with Crippen molar-refractivity contribution in [1.29, 1.82) is 0 Å². The summed E-state index contributed by atoms with van der Waals surface area (Å²) in [6.07, 6.45) is 6.08. The fourth-order valence-corrected chi connectivity index (χ4v) is 4.00. The molecule has 6 heteroatoms. The first-order chi connectivity index (χ1) is 13.8. The summed E-state index contributed by atoms with van der Waals surface area (Å²) in [7, 11) is 0. The van der Waals surface area contributed by atoms with E-state index in [9.17, 15) is 4.79 Å². The molecule has 28 heavy (non-hydrogen) atoms. The quantitative estimate of drug-likeness (QED) is 0.750. The average molecular weight is 380 g/mol. The number of anilines is 1. The normalized spacial score (nSPS) is 17.2. The van der Waals surface area contributed by atoms with Gasteiger partial charge in [0.05, 0.1) is 5.69 Å². The minimum Gasteiger partial charge on any atom is -0.355 e. The van der Waals surface area contributed by atoms with Gasteiger partial charge in [0.1, 0.15) is 0 Å². The van der Waals surface area contributed by atoms with Crippen LogP contribution in [0.3, 0.4) is 0 Å². The smallest absolute Gasteiger partial charge is 0.251 e. The molecule has 3 heterocycles. The minimum absolute atomic E-state index is 0.0107. The number of carbonyl (C=O) groups excluding carboxylic acids is 1. The number of rotatable bonds is 7. The topological polar surface area (TPSA) is 61.4 Å². The summed E-state index contributed by atoms with van der Waals surface area (Å²) in [6.45, 7) is 6.34. The second kappa shape index (κ2) is 9.15. The standard InChI is InChI=1S/C22H29N5O/c28-22(23-12-5-15-26-13-1-2-14-26)19-8-6-18(7-9-19)20-10-11-21(25-24-20)27-16-3-4-17-27/h6-11H,1-5,12-17H2,(H,23,28). The number of aromatic nitrogens is 2. The van der Waals surface area contributed by atoms with Crippen molar-refractivity contribution < 1.29 is 4.79 Å². The molecular formula is C22H29N5O. The first-order valence-corrected chi connectivity index (χ1v) is 10.5. The van der Waals surface area contributed by atoms with Gasteiger partial charge in [-0.25, -0.2) is 0 Å². The predicted octanol–water partition coefficient (Wildman–Crippen LogP) is 2.96. The number of hydrogen-bond acceptors (Lipinski definition) is 5. The van der Waals surface area contributed by atoms with Gasteiger partial charge in [0.15, 0.2) is 5.82 Å². The van der Waals surface area contributed by atoms with Crippen molar-refractivity contribution in [2.45, 2.75) is 32.1 Å². The lowest BCUT2D eigenvalue weighted by molar-refractivity contribution is 0.0952. The Morgan fingerprint density at radius 2 is 1.61 bits per heavy atom. The van der Waals surface area contributed by atoms with Crippen LogP contribution in [0, 0.1) is 0 Å². The first-order valence-electron chi connectivity index (χ1n) is 10.5. The highest BCUT2D eigenvalue weighted by Gasteiger charge is 2.14. The van der Waals surface area contributed by atoms with Gasteiger partial charge in [-0.3, -0.25) is 4.79 Å². The molecule has 2 aliphatic heterocycles. The Hall–Kier alpha value is -2.47. The Balaban J connectivity index is 1.28. The third-order valence-corrected chi connectivity index (χ3v) is 5.66. The number of amides is 1. The molecule has 2 aromatic rings. The molecule has 4 rings (SSSR count). The van der Waals surface area contributed by atoms with Crippen molar-refractivity contribution >= 4 is 11.7 Å². The van der Waals surface area contributed by atoms with Gasteiger partial charge >= 0.3 is 0 Å². The molecule has 1 amide bonds. The molecule has 0 radical (unpaired) electrons. The number of likely N-dealkylation sites (tertiary alicyclic amines) is 1. The van der Waals surface area contributed by atoms with Crippen LogP contribution in [-0.2, 0) is 0 Å². The maximum atomic E-state index is 12.3. The van der Waals surface area contributed by atoms with Crippen LogP contribution in [-0.4, -0.2) is 60.3 Å². The molecule has 0 bridgehead atoms. The minimum atomic E-state index is -0.0107. The second-order valence-corrected chi connectivity index (χ2v) is 7.71. The molecule has 148 valence electrons. The Labute approximate surface area is 166 Å². The molecule has 0 atom stereocenters. The lowest BCUT2D eigenvalue weighted by Gasteiger charge is -2.15. The van der Waals surface area contributed by atoms with E-state index in [0.29, 0.717) is 5.56 Å². The molecule has 0 spiro atoms. The molecule has 0 aliphatic carbocycles. The largest absolute Gasteiger partial charge is 0.355 e. The summed E-state index contributed by atoms with van der Waals surface area (Å²) in [5, 5.41) is 11.8. The van der Waals surface area contributed by atoms with Crippen molar-refractivity contribution in [2.24, 2.45) is 0 Å². The molecule has 0 saturated carbocycles. The van der Waals surface area contributed by atoms with Crippen LogP contribution in [0.15, 0.2) is 36.4 Å². The fourth-order valence-electron chi connectivity index (χ4n) is 4.00. The van der Waals surface area contributed by atoms with E-state index in [1.165, 1.54) is 38.8 Å². The van der Waals surface area contributed by atoms with Crippen LogP contribution >= 0.6 is 0 Å². The zero-order chi connectivity index (χ0) is 19.2. The number of nitrogens with zero attached hydrogens (tertiary/aromatic N) is 4. The highest BCUT2D eigenvalue weighted by molar-refractivity contribution is 5.94. The van der Waals surface area contributed by atoms with Crippen molar-refractivity contribution in [3.8, 4) is 11.3 Å². The summed E-state index contributed by atoms with van der Waals surface area (Å²) in [4.78, 5) is 17.1. The Morgan fingerprint density at radius 1 is 0.893 bits per heavy atom. The van der Waals surface area contributed by atoms with E-state index in [0.717, 1.165) is 49.7 Å². The highest BCUT2D eigenvalue weighted by atomic mass is 16.1. The van der Waals surface area contributed by atoms with Crippen molar-refractivity contribution in [3.05, 3.63) is 42.0 Å². The maximum Gasteiger partial charge on any atom is 0.251 e. The van der Waals surface area contributed by atoms with Gasteiger partial charge in [0, 0.05) is 30.8 Å². The molecule has 2 fully saturated rings. The molecular weight excluding hydrogens is 350 g/mol. The van der Waals surface area contributed by atoms with Gasteiger partial charge in [0.25, 0.3) is 5.91 Å². The van der Waals surface area contributed by atoms with Crippen molar-refractivity contribution in [1.82, 2.24) is 20.4 Å². The average Bonchev–Trinajstić information content (AvgIpc) is 3.45. The van der Waals surface area contributed by atoms with Crippen molar-refractivity contribution in [3.63, 3.8) is 0 Å². The van der Waals surface area contributed by atoms with Crippen LogP contribution in [0.4, 0.5) is 5.82 Å². The van der Waals surface area contributed by atoms with Gasteiger partial charge in [0.2, 0.25) is 0 Å². The zero-order valence-corrected chi connectivity index (χ0v) is 16.4. The predicted molar refractivity (Wildman–Crippen MR) is 112 cm³/mol. The number of benzene rings is 1. The van der Waals surface area contributed by atoms with Crippen LogP contribution in [0.2, 0.25) is 0 Å². The first kappa shape index (κ1) is 18.9. The van der Waals surface area contributed by atoms with Crippen LogP contribution < -0.4 is 10.2 Å². The lowest BCUT2D eigenvalue weighted by atomic mass is 10.1. The van der Waals surface area contributed by atoms with Crippen molar-refractivity contribution in [2.75, 3.05) is 44.2 Å². The highest BCUT2D eigenvalue weighted by Crippen LogP contribution is 2.21. The van der Waals surface area contributed by atoms with E-state index < -0.39 is 0 Å². The SMILES string of the molecule is O=C(NCCCN1CCCC1)c1ccc(-c2ccc(N3CCCC3)nn2)cc1. The molecule has 1 N–H and O–H groups in total. The summed E-state index contributed by atoms with van der Waals surface area (Å²) < 4.78 is 0. The third-order valence-electron chi connectivity index (χ3n) is 5.66. The lowest BCUT2D eigenvalue weighted by Crippen LogP contribution is -2.28. The zero-order valence-electron chi connectivity index (χ0n) is 16.4. The maximum absolute atomic E-state index is 12.3. The van der Waals surface area contributed by atoms with E-state index in [1.807, 2.05) is 36.4 Å².